The summed E-state index contributed by atoms with van der Waals surface area (Å²) in [6.07, 6.45) is 4.44. The topological polar surface area (TPSA) is 29.5 Å². The van der Waals surface area contributed by atoms with E-state index in [1.807, 2.05) is 6.92 Å². The van der Waals surface area contributed by atoms with Gasteiger partial charge in [0.1, 0.15) is 5.44 Å². The summed E-state index contributed by atoms with van der Waals surface area (Å²) in [5.74, 6) is 0. The van der Waals surface area contributed by atoms with E-state index < -0.39 is 0 Å². The van der Waals surface area contributed by atoms with Crippen molar-refractivity contribution in [1.82, 2.24) is 0 Å². The van der Waals surface area contributed by atoms with E-state index in [1.165, 1.54) is 12.8 Å². The molecule has 1 aliphatic carbocycles. The van der Waals surface area contributed by atoms with Crippen LogP contribution in [0.4, 0.5) is 0 Å². The maximum Gasteiger partial charge on any atom is 0.100 e. The Kier molecular flexibility index (Phi) is 5.14. The molecule has 1 rings (SSSR count). The maximum absolute atomic E-state index is 9.71. The van der Waals surface area contributed by atoms with E-state index >= 15 is 0 Å². The molecule has 0 aliphatic heterocycles. The van der Waals surface area contributed by atoms with Gasteiger partial charge in [0, 0.05) is 11.9 Å². The zero-order chi connectivity index (χ0) is 9.68. The van der Waals surface area contributed by atoms with Gasteiger partial charge in [0.15, 0.2) is 0 Å². The Morgan fingerprint density at radius 2 is 2.15 bits per heavy atom. The SMILES string of the molecule is CCOC(C)SC1CCCCC1O. The third-order valence-corrected chi connectivity index (χ3v) is 3.85. The number of rotatable bonds is 4. The van der Waals surface area contributed by atoms with Crippen LogP contribution < -0.4 is 0 Å². The van der Waals surface area contributed by atoms with Gasteiger partial charge in [-0.15, -0.1) is 11.8 Å². The molecule has 0 heterocycles. The molecule has 0 radical (unpaired) electrons. The number of hydrogen-bond acceptors (Lipinski definition) is 3. The summed E-state index contributed by atoms with van der Waals surface area (Å²) in [5.41, 5.74) is 0.225. The molecule has 0 bridgehead atoms. The van der Waals surface area contributed by atoms with Crippen LogP contribution >= 0.6 is 11.8 Å². The third kappa shape index (κ3) is 3.88. The first-order valence-corrected chi connectivity index (χ1v) is 6.13. The predicted molar refractivity (Wildman–Crippen MR) is 56.9 cm³/mol. The molecule has 1 fully saturated rings. The standard InChI is InChI=1S/C10H20O2S/c1-3-12-8(2)13-10-7-5-4-6-9(10)11/h8-11H,3-7H2,1-2H3. The fourth-order valence-corrected chi connectivity index (χ4v) is 3.08. The predicted octanol–water partition coefficient (Wildman–Crippen LogP) is 2.41. The van der Waals surface area contributed by atoms with E-state index in [4.69, 9.17) is 4.74 Å². The van der Waals surface area contributed by atoms with Crippen LogP contribution in [-0.4, -0.2) is 28.5 Å². The largest absolute Gasteiger partial charge is 0.392 e. The van der Waals surface area contributed by atoms with E-state index in [2.05, 4.69) is 6.92 Å². The van der Waals surface area contributed by atoms with Crippen LogP contribution in [0.25, 0.3) is 0 Å². The molecule has 0 aromatic heterocycles. The number of thioether (sulfide) groups is 1. The molecule has 0 saturated heterocycles. The van der Waals surface area contributed by atoms with Crippen molar-refractivity contribution >= 4 is 11.8 Å². The van der Waals surface area contributed by atoms with Crippen LogP contribution in [0.2, 0.25) is 0 Å². The first kappa shape index (κ1) is 11.3. The van der Waals surface area contributed by atoms with Crippen LogP contribution in [-0.2, 0) is 4.74 Å². The van der Waals surface area contributed by atoms with Crippen LogP contribution in [0.1, 0.15) is 39.5 Å². The first-order chi connectivity index (χ1) is 6.24. The molecule has 1 saturated carbocycles. The Bertz CT molecular complexity index is 141. The van der Waals surface area contributed by atoms with Gasteiger partial charge in [0.25, 0.3) is 0 Å². The Balaban J connectivity index is 2.25. The van der Waals surface area contributed by atoms with E-state index in [-0.39, 0.29) is 11.5 Å². The van der Waals surface area contributed by atoms with Crippen molar-refractivity contribution < 1.29 is 9.84 Å². The second-order valence-electron chi connectivity index (χ2n) is 3.55. The molecule has 0 aromatic rings. The molecular formula is C10H20O2S. The van der Waals surface area contributed by atoms with Crippen molar-refractivity contribution in [2.75, 3.05) is 6.61 Å². The zero-order valence-corrected chi connectivity index (χ0v) is 9.35. The lowest BCUT2D eigenvalue weighted by molar-refractivity contribution is 0.122. The molecule has 13 heavy (non-hydrogen) atoms. The molecular weight excluding hydrogens is 184 g/mol. The smallest absolute Gasteiger partial charge is 0.100 e. The summed E-state index contributed by atoms with van der Waals surface area (Å²) in [7, 11) is 0. The van der Waals surface area contributed by atoms with Gasteiger partial charge in [-0.05, 0) is 26.7 Å². The Morgan fingerprint density at radius 3 is 2.77 bits per heavy atom. The molecule has 0 spiro atoms. The van der Waals surface area contributed by atoms with Gasteiger partial charge >= 0.3 is 0 Å². The summed E-state index contributed by atoms with van der Waals surface area (Å²) in [4.78, 5) is 0. The number of ether oxygens (including phenoxy) is 1. The van der Waals surface area contributed by atoms with Gasteiger partial charge in [0.05, 0.1) is 6.10 Å². The fourth-order valence-electron chi connectivity index (χ4n) is 1.76. The van der Waals surface area contributed by atoms with E-state index in [9.17, 15) is 5.11 Å². The normalized spacial score (nSPS) is 31.6. The highest BCUT2D eigenvalue weighted by atomic mass is 32.2. The molecule has 1 aliphatic rings. The molecule has 3 heteroatoms. The lowest BCUT2D eigenvalue weighted by Crippen LogP contribution is -2.28. The second kappa shape index (κ2) is 5.89. The summed E-state index contributed by atoms with van der Waals surface area (Å²) >= 11 is 1.78. The van der Waals surface area contributed by atoms with Crippen molar-refractivity contribution in [2.45, 2.75) is 56.3 Å². The Labute approximate surface area is 85.0 Å². The molecule has 2 nitrogen and oxygen atoms in total. The molecule has 0 amide bonds. The number of hydrogen-bond donors (Lipinski definition) is 1. The lowest BCUT2D eigenvalue weighted by Gasteiger charge is -2.28. The minimum Gasteiger partial charge on any atom is -0.392 e. The second-order valence-corrected chi connectivity index (χ2v) is 5.09. The highest BCUT2D eigenvalue weighted by Gasteiger charge is 2.25. The minimum absolute atomic E-state index is 0.110. The maximum atomic E-state index is 9.71. The summed E-state index contributed by atoms with van der Waals surface area (Å²) in [5, 5.41) is 10.1. The highest BCUT2D eigenvalue weighted by Crippen LogP contribution is 2.31. The molecule has 3 unspecified atom stereocenters. The van der Waals surface area contributed by atoms with Gasteiger partial charge in [-0.25, -0.2) is 0 Å². The van der Waals surface area contributed by atoms with Gasteiger partial charge in [-0.1, -0.05) is 12.8 Å². The van der Waals surface area contributed by atoms with Crippen LogP contribution in [0.5, 0.6) is 0 Å². The monoisotopic (exact) mass is 204 g/mol. The van der Waals surface area contributed by atoms with Crippen LogP contribution in [0, 0.1) is 0 Å². The number of aliphatic hydroxyl groups excluding tert-OH is 1. The van der Waals surface area contributed by atoms with Gasteiger partial charge in [-0.3, -0.25) is 0 Å². The summed E-state index contributed by atoms with van der Waals surface area (Å²) in [6.45, 7) is 4.83. The van der Waals surface area contributed by atoms with Crippen molar-refractivity contribution in [3.8, 4) is 0 Å². The minimum atomic E-state index is -0.110. The van der Waals surface area contributed by atoms with Crippen molar-refractivity contribution in [3.63, 3.8) is 0 Å². The average Bonchev–Trinajstić information content (AvgIpc) is 2.09. The van der Waals surface area contributed by atoms with Crippen molar-refractivity contribution in [1.29, 1.82) is 0 Å². The summed E-state index contributed by atoms with van der Waals surface area (Å²) < 4.78 is 5.44. The molecule has 3 atom stereocenters. The van der Waals surface area contributed by atoms with Gasteiger partial charge in [0.2, 0.25) is 0 Å². The van der Waals surface area contributed by atoms with Gasteiger partial charge in [-0.2, -0.15) is 0 Å². The third-order valence-electron chi connectivity index (χ3n) is 2.44. The molecule has 0 aromatic carbocycles. The van der Waals surface area contributed by atoms with E-state index in [0.29, 0.717) is 5.25 Å². The Morgan fingerprint density at radius 1 is 1.46 bits per heavy atom. The molecule has 1 N–H and O–H groups in total. The number of aliphatic hydroxyl groups is 1. The lowest BCUT2D eigenvalue weighted by atomic mass is 9.97. The van der Waals surface area contributed by atoms with Crippen LogP contribution in [0.3, 0.4) is 0 Å². The van der Waals surface area contributed by atoms with Gasteiger partial charge < -0.3 is 9.84 Å². The molecule has 78 valence electrons. The zero-order valence-electron chi connectivity index (χ0n) is 8.53. The average molecular weight is 204 g/mol. The fraction of sp³-hybridized carbons (Fsp3) is 1.00. The van der Waals surface area contributed by atoms with Crippen molar-refractivity contribution in [3.05, 3.63) is 0 Å². The summed E-state index contributed by atoms with van der Waals surface area (Å²) in [6, 6.07) is 0. The Hall–Kier alpha value is 0.270. The highest BCUT2D eigenvalue weighted by molar-refractivity contribution is 8.00. The quantitative estimate of drug-likeness (QED) is 0.713. The van der Waals surface area contributed by atoms with Crippen LogP contribution in [0.15, 0.2) is 0 Å². The van der Waals surface area contributed by atoms with Crippen molar-refractivity contribution in [2.24, 2.45) is 0 Å². The van der Waals surface area contributed by atoms with E-state index in [0.717, 1.165) is 19.4 Å². The van der Waals surface area contributed by atoms with E-state index in [1.54, 1.807) is 11.8 Å². The first-order valence-electron chi connectivity index (χ1n) is 5.19.